The third-order valence-electron chi connectivity index (χ3n) is 11.4. The standard InChI is InChI=1S/C35H48O/c1-24(2)10-9-11-25(3)29-16-17-30-28-23-33(36)32-22-27(15-14-26-12-7-6-8-13-26)18-20-35(32,5)31(28)19-21-34(29,30)4/h6-8,12-13,22,24-25,28-32H,9-11,16-21,23H2,1-5H3/t25-,28-,29+,30-,31-,32-,34+,35+/m0/s1. The van der Waals surface area contributed by atoms with Crippen molar-refractivity contribution in [3.8, 4) is 11.8 Å². The summed E-state index contributed by atoms with van der Waals surface area (Å²) in [7, 11) is 0. The number of ketones is 1. The van der Waals surface area contributed by atoms with Crippen LogP contribution in [0.1, 0.15) is 104 Å². The average molecular weight is 485 g/mol. The minimum Gasteiger partial charge on any atom is -0.299 e. The van der Waals surface area contributed by atoms with Gasteiger partial charge in [-0.3, -0.25) is 4.79 Å². The average Bonchev–Trinajstić information content (AvgIpc) is 3.21. The van der Waals surface area contributed by atoms with Gasteiger partial charge in [0.05, 0.1) is 0 Å². The molecule has 5 rings (SSSR count). The topological polar surface area (TPSA) is 17.1 Å². The van der Waals surface area contributed by atoms with Crippen LogP contribution in [-0.2, 0) is 4.79 Å². The Morgan fingerprint density at radius 3 is 2.42 bits per heavy atom. The molecule has 1 aromatic carbocycles. The van der Waals surface area contributed by atoms with E-state index >= 15 is 0 Å². The molecule has 0 aliphatic heterocycles. The number of benzene rings is 1. The molecule has 194 valence electrons. The summed E-state index contributed by atoms with van der Waals surface area (Å²) in [5.41, 5.74) is 2.81. The summed E-state index contributed by atoms with van der Waals surface area (Å²) in [6.45, 7) is 12.3. The number of rotatable bonds is 5. The number of hydrogen-bond acceptors (Lipinski definition) is 1. The number of hydrogen-bond donors (Lipinski definition) is 0. The predicted octanol–water partition coefficient (Wildman–Crippen LogP) is 8.87. The summed E-state index contributed by atoms with van der Waals surface area (Å²) in [5.74, 6) is 11.9. The Morgan fingerprint density at radius 1 is 0.917 bits per heavy atom. The highest BCUT2D eigenvalue weighted by Gasteiger charge is 2.61. The van der Waals surface area contributed by atoms with Gasteiger partial charge in [-0.25, -0.2) is 0 Å². The Balaban J connectivity index is 1.32. The Hall–Kier alpha value is -1.81. The number of Topliss-reactive ketones (excluding diaryl/α,β-unsaturated/α-hetero) is 1. The Morgan fingerprint density at radius 2 is 1.67 bits per heavy atom. The van der Waals surface area contributed by atoms with E-state index in [1.54, 1.807) is 0 Å². The largest absolute Gasteiger partial charge is 0.299 e. The molecule has 0 radical (unpaired) electrons. The van der Waals surface area contributed by atoms with Crippen LogP contribution >= 0.6 is 0 Å². The van der Waals surface area contributed by atoms with E-state index in [1.165, 1.54) is 50.5 Å². The van der Waals surface area contributed by atoms with Gasteiger partial charge in [0.25, 0.3) is 0 Å². The molecule has 0 spiro atoms. The van der Waals surface area contributed by atoms with Crippen LogP contribution in [0, 0.1) is 64.1 Å². The van der Waals surface area contributed by atoms with Crippen molar-refractivity contribution in [3.63, 3.8) is 0 Å². The van der Waals surface area contributed by atoms with Crippen LogP contribution in [0.3, 0.4) is 0 Å². The fraction of sp³-hybridized carbons (Fsp3) is 0.686. The van der Waals surface area contributed by atoms with Crippen molar-refractivity contribution in [1.29, 1.82) is 0 Å². The number of carbonyl (C=O) groups is 1. The second-order valence-electron chi connectivity index (χ2n) is 13.9. The zero-order valence-corrected chi connectivity index (χ0v) is 23.5. The fourth-order valence-electron chi connectivity index (χ4n) is 9.46. The Labute approximate surface area is 220 Å². The van der Waals surface area contributed by atoms with E-state index in [-0.39, 0.29) is 11.3 Å². The fourth-order valence-corrected chi connectivity index (χ4v) is 9.46. The molecule has 0 aromatic heterocycles. The van der Waals surface area contributed by atoms with E-state index in [9.17, 15) is 4.79 Å². The molecule has 4 aliphatic carbocycles. The van der Waals surface area contributed by atoms with Gasteiger partial charge in [0, 0.05) is 17.9 Å². The lowest BCUT2D eigenvalue weighted by Crippen LogP contribution is -2.55. The normalized spacial score (nSPS) is 38.3. The first-order valence-corrected chi connectivity index (χ1v) is 15.0. The quantitative estimate of drug-likeness (QED) is 0.381. The van der Waals surface area contributed by atoms with E-state index in [0.717, 1.165) is 48.5 Å². The summed E-state index contributed by atoms with van der Waals surface area (Å²) in [6.07, 6.45) is 14.8. The molecule has 0 bridgehead atoms. The molecule has 1 heteroatoms. The summed E-state index contributed by atoms with van der Waals surface area (Å²) >= 11 is 0. The lowest BCUT2D eigenvalue weighted by molar-refractivity contribution is -0.146. The van der Waals surface area contributed by atoms with Gasteiger partial charge < -0.3 is 0 Å². The lowest BCUT2D eigenvalue weighted by atomic mass is 9.44. The van der Waals surface area contributed by atoms with Gasteiger partial charge in [0.1, 0.15) is 5.78 Å². The van der Waals surface area contributed by atoms with E-state index in [4.69, 9.17) is 0 Å². The van der Waals surface area contributed by atoms with Crippen molar-refractivity contribution in [2.75, 3.05) is 0 Å². The first kappa shape index (κ1) is 25.8. The second kappa shape index (κ2) is 10.2. The third-order valence-corrected chi connectivity index (χ3v) is 11.4. The van der Waals surface area contributed by atoms with Crippen molar-refractivity contribution < 1.29 is 4.79 Å². The second-order valence-corrected chi connectivity index (χ2v) is 13.9. The first-order valence-electron chi connectivity index (χ1n) is 15.0. The molecular weight excluding hydrogens is 436 g/mol. The lowest BCUT2D eigenvalue weighted by Gasteiger charge is -2.59. The Bertz CT molecular complexity index is 1040. The van der Waals surface area contributed by atoms with E-state index in [1.807, 2.05) is 18.2 Å². The third kappa shape index (κ3) is 4.64. The molecule has 1 aromatic rings. The molecule has 0 N–H and O–H groups in total. The van der Waals surface area contributed by atoms with Crippen molar-refractivity contribution in [3.05, 3.63) is 47.5 Å². The van der Waals surface area contributed by atoms with Gasteiger partial charge in [0.2, 0.25) is 0 Å². The maximum atomic E-state index is 13.7. The van der Waals surface area contributed by atoms with E-state index < -0.39 is 0 Å². The molecule has 3 fully saturated rings. The van der Waals surface area contributed by atoms with Gasteiger partial charge in [-0.15, -0.1) is 0 Å². The molecule has 3 saturated carbocycles. The summed E-state index contributed by atoms with van der Waals surface area (Å²) in [4.78, 5) is 13.7. The highest BCUT2D eigenvalue weighted by Crippen LogP contribution is 2.67. The summed E-state index contributed by atoms with van der Waals surface area (Å²) < 4.78 is 0. The van der Waals surface area contributed by atoms with Crippen LogP contribution in [0.25, 0.3) is 0 Å². The smallest absolute Gasteiger partial charge is 0.140 e. The molecule has 0 unspecified atom stereocenters. The van der Waals surface area contributed by atoms with Crippen molar-refractivity contribution in [1.82, 2.24) is 0 Å². The van der Waals surface area contributed by atoms with E-state index in [0.29, 0.717) is 23.0 Å². The molecule has 36 heavy (non-hydrogen) atoms. The SMILES string of the molecule is CC(C)CCC[C@H](C)[C@H]1CC[C@H]2[C@@H]3CC(=O)[C@@H]4C=C(C#Cc5ccccc5)CC[C@]4(C)[C@H]3CC[C@]12C. The number of fused-ring (bicyclic) bond motifs is 5. The minimum atomic E-state index is 0.0732. The monoisotopic (exact) mass is 484 g/mol. The summed E-state index contributed by atoms with van der Waals surface area (Å²) in [5, 5.41) is 0. The molecule has 1 nitrogen and oxygen atoms in total. The van der Waals surface area contributed by atoms with Crippen molar-refractivity contribution in [2.45, 2.75) is 98.8 Å². The predicted molar refractivity (Wildman–Crippen MR) is 150 cm³/mol. The Kier molecular flexibility index (Phi) is 7.29. The molecule has 0 heterocycles. The first-order chi connectivity index (χ1) is 17.2. The molecule has 8 atom stereocenters. The highest BCUT2D eigenvalue weighted by atomic mass is 16.1. The molecule has 4 aliphatic rings. The van der Waals surface area contributed by atoms with Gasteiger partial charge in [-0.2, -0.15) is 0 Å². The highest BCUT2D eigenvalue weighted by molar-refractivity contribution is 5.85. The molecule has 0 saturated heterocycles. The van der Waals surface area contributed by atoms with Crippen LogP contribution in [0.15, 0.2) is 42.0 Å². The van der Waals surface area contributed by atoms with Crippen LogP contribution in [-0.4, -0.2) is 5.78 Å². The van der Waals surface area contributed by atoms with Crippen LogP contribution in [0.2, 0.25) is 0 Å². The number of carbonyl (C=O) groups excluding carboxylic acids is 1. The zero-order valence-electron chi connectivity index (χ0n) is 23.5. The van der Waals surface area contributed by atoms with E-state index in [2.05, 4.69) is 64.7 Å². The van der Waals surface area contributed by atoms with Crippen molar-refractivity contribution >= 4 is 5.78 Å². The van der Waals surface area contributed by atoms with Crippen molar-refractivity contribution in [2.24, 2.45) is 52.3 Å². The van der Waals surface area contributed by atoms with Crippen LogP contribution < -0.4 is 0 Å². The zero-order chi connectivity index (χ0) is 25.5. The minimum absolute atomic E-state index is 0.0732. The molecule has 0 amide bonds. The van der Waals surface area contributed by atoms with Gasteiger partial charge in [-0.05, 0) is 103 Å². The van der Waals surface area contributed by atoms with Crippen LogP contribution in [0.5, 0.6) is 0 Å². The maximum absolute atomic E-state index is 13.7. The summed E-state index contributed by atoms with van der Waals surface area (Å²) in [6, 6.07) is 10.2. The van der Waals surface area contributed by atoms with Gasteiger partial charge in [-0.1, -0.05) is 90.0 Å². The van der Waals surface area contributed by atoms with Gasteiger partial charge in [0.15, 0.2) is 0 Å². The molecular formula is C35H48O. The number of allylic oxidation sites excluding steroid dienone is 2. The van der Waals surface area contributed by atoms with Gasteiger partial charge >= 0.3 is 0 Å². The maximum Gasteiger partial charge on any atom is 0.140 e. The van der Waals surface area contributed by atoms with Crippen LogP contribution in [0.4, 0.5) is 0 Å².